The molecule has 1 saturated heterocycles. The molecule has 2 rings (SSSR count). The Hall–Kier alpha value is -0.0600. The summed E-state index contributed by atoms with van der Waals surface area (Å²) in [4.78, 5) is 2.44. The third-order valence-corrected chi connectivity index (χ3v) is 4.21. The van der Waals surface area contributed by atoms with Gasteiger partial charge in [-0.3, -0.25) is 0 Å². The van der Waals surface area contributed by atoms with Crippen molar-refractivity contribution in [2.75, 3.05) is 18.1 Å². The molecule has 0 spiro atoms. The molecule has 1 aliphatic rings. The summed E-state index contributed by atoms with van der Waals surface area (Å²) in [6.07, 6.45) is 0.299. The summed E-state index contributed by atoms with van der Waals surface area (Å²) in [5.41, 5.74) is 2.63. The van der Waals surface area contributed by atoms with E-state index in [1.165, 1.54) is 11.3 Å². The highest BCUT2D eigenvalue weighted by Gasteiger charge is 2.25. The Kier molecular flexibility index (Phi) is 4.50. The molecule has 0 radical (unpaired) electrons. The highest BCUT2D eigenvalue weighted by molar-refractivity contribution is 9.10. The van der Waals surface area contributed by atoms with Crippen molar-refractivity contribution >= 4 is 37.5 Å². The number of alkyl halides is 1. The molecule has 0 saturated carbocycles. The van der Waals surface area contributed by atoms with E-state index in [4.69, 9.17) is 4.74 Å². The number of ether oxygens (including phenoxy) is 1. The molecule has 2 atom stereocenters. The Morgan fingerprint density at radius 3 is 2.88 bits per heavy atom. The van der Waals surface area contributed by atoms with Gasteiger partial charge in [-0.2, -0.15) is 0 Å². The number of halogens is 2. The van der Waals surface area contributed by atoms with E-state index in [9.17, 15) is 0 Å². The number of hydrogen-bond acceptors (Lipinski definition) is 2. The molecule has 0 aromatic heterocycles. The summed E-state index contributed by atoms with van der Waals surface area (Å²) in [6, 6.07) is 6.89. The predicted molar refractivity (Wildman–Crippen MR) is 79.0 cm³/mol. The summed E-state index contributed by atoms with van der Waals surface area (Å²) in [7, 11) is 0. The fourth-order valence-electron chi connectivity index (χ4n) is 2.16. The predicted octanol–water partition coefficient (Wildman–Crippen LogP) is 3.96. The fourth-order valence-corrected chi connectivity index (χ4v) is 2.98. The summed E-state index contributed by atoms with van der Waals surface area (Å²) >= 11 is 7.12. The van der Waals surface area contributed by atoms with E-state index < -0.39 is 0 Å². The maximum Gasteiger partial charge on any atom is 0.0723 e. The number of rotatable bonds is 2. The van der Waals surface area contributed by atoms with Crippen LogP contribution in [0.25, 0.3) is 0 Å². The van der Waals surface area contributed by atoms with Crippen LogP contribution in [-0.2, 0) is 10.1 Å². The molecule has 1 aliphatic heterocycles. The van der Waals surface area contributed by atoms with Gasteiger partial charge in [-0.1, -0.05) is 37.9 Å². The summed E-state index contributed by atoms with van der Waals surface area (Å²) < 4.78 is 6.81. The van der Waals surface area contributed by atoms with Crippen molar-refractivity contribution in [3.63, 3.8) is 0 Å². The number of hydrogen-bond donors (Lipinski definition) is 0. The smallest absolute Gasteiger partial charge is 0.0723 e. The number of benzene rings is 1. The van der Waals surface area contributed by atoms with Gasteiger partial charge in [0.1, 0.15) is 0 Å². The SMILES string of the molecule is CC1CN(c2cc(Br)ccc2CBr)C(C)CO1. The first kappa shape index (κ1) is 13.4. The molecule has 0 bridgehead atoms. The molecule has 17 heavy (non-hydrogen) atoms. The van der Waals surface area contributed by atoms with Crippen LogP contribution in [0.5, 0.6) is 0 Å². The Balaban J connectivity index is 2.33. The minimum Gasteiger partial charge on any atom is -0.375 e. The average Bonchev–Trinajstić information content (AvgIpc) is 2.32. The van der Waals surface area contributed by atoms with Crippen LogP contribution in [0.4, 0.5) is 5.69 Å². The molecule has 94 valence electrons. The number of nitrogens with zero attached hydrogens (tertiary/aromatic N) is 1. The lowest BCUT2D eigenvalue weighted by molar-refractivity contribution is 0.0343. The Labute approximate surface area is 120 Å². The van der Waals surface area contributed by atoms with Gasteiger partial charge < -0.3 is 9.64 Å². The summed E-state index contributed by atoms with van der Waals surface area (Å²) in [5.74, 6) is 0. The lowest BCUT2D eigenvalue weighted by Gasteiger charge is -2.39. The highest BCUT2D eigenvalue weighted by Crippen LogP contribution is 2.30. The molecule has 1 aromatic carbocycles. The van der Waals surface area contributed by atoms with E-state index in [0.29, 0.717) is 12.1 Å². The van der Waals surface area contributed by atoms with Crippen LogP contribution < -0.4 is 4.90 Å². The van der Waals surface area contributed by atoms with Crippen molar-refractivity contribution in [1.29, 1.82) is 0 Å². The van der Waals surface area contributed by atoms with Gasteiger partial charge in [0.25, 0.3) is 0 Å². The van der Waals surface area contributed by atoms with Crippen LogP contribution in [0, 0.1) is 0 Å². The molecule has 4 heteroatoms. The zero-order valence-corrected chi connectivity index (χ0v) is 13.3. The Morgan fingerprint density at radius 1 is 1.41 bits per heavy atom. The van der Waals surface area contributed by atoms with Gasteiger partial charge in [0.15, 0.2) is 0 Å². The third-order valence-electron chi connectivity index (χ3n) is 3.11. The van der Waals surface area contributed by atoms with E-state index in [1.807, 2.05) is 0 Å². The number of morpholine rings is 1. The van der Waals surface area contributed by atoms with E-state index >= 15 is 0 Å². The van der Waals surface area contributed by atoms with E-state index in [2.05, 4.69) is 68.8 Å². The summed E-state index contributed by atoms with van der Waals surface area (Å²) in [6.45, 7) is 6.10. The van der Waals surface area contributed by atoms with E-state index in [0.717, 1.165) is 23.0 Å². The maximum atomic E-state index is 5.68. The van der Waals surface area contributed by atoms with Crippen molar-refractivity contribution in [1.82, 2.24) is 0 Å². The van der Waals surface area contributed by atoms with Gasteiger partial charge in [-0.25, -0.2) is 0 Å². The average molecular weight is 363 g/mol. The second-order valence-electron chi connectivity index (χ2n) is 4.55. The van der Waals surface area contributed by atoms with Crippen LogP contribution >= 0.6 is 31.9 Å². The first-order valence-electron chi connectivity index (χ1n) is 5.84. The van der Waals surface area contributed by atoms with Crippen LogP contribution in [0.1, 0.15) is 19.4 Å². The molecule has 1 aromatic rings. The Morgan fingerprint density at radius 2 is 2.18 bits per heavy atom. The van der Waals surface area contributed by atoms with Gasteiger partial charge >= 0.3 is 0 Å². The maximum absolute atomic E-state index is 5.68. The van der Waals surface area contributed by atoms with E-state index in [-0.39, 0.29) is 0 Å². The first-order valence-corrected chi connectivity index (χ1v) is 7.76. The first-order chi connectivity index (χ1) is 8.11. The van der Waals surface area contributed by atoms with Crippen molar-refractivity contribution in [3.05, 3.63) is 28.2 Å². The minimum absolute atomic E-state index is 0.299. The van der Waals surface area contributed by atoms with Crippen molar-refractivity contribution in [3.8, 4) is 0 Å². The molecule has 0 aliphatic carbocycles. The van der Waals surface area contributed by atoms with Crippen molar-refractivity contribution in [2.24, 2.45) is 0 Å². The van der Waals surface area contributed by atoms with Crippen LogP contribution in [-0.4, -0.2) is 25.3 Å². The van der Waals surface area contributed by atoms with Crippen molar-refractivity contribution in [2.45, 2.75) is 31.3 Å². The highest BCUT2D eigenvalue weighted by atomic mass is 79.9. The molecular weight excluding hydrogens is 346 g/mol. The molecule has 2 nitrogen and oxygen atoms in total. The monoisotopic (exact) mass is 361 g/mol. The van der Waals surface area contributed by atoms with Gasteiger partial charge in [0, 0.05) is 28.1 Å². The summed E-state index contributed by atoms with van der Waals surface area (Å²) in [5, 5.41) is 0.883. The Bertz CT molecular complexity index is 397. The van der Waals surface area contributed by atoms with Gasteiger partial charge in [-0.15, -0.1) is 0 Å². The number of anilines is 1. The minimum atomic E-state index is 0.299. The largest absolute Gasteiger partial charge is 0.375 e. The van der Waals surface area contributed by atoms with Crippen LogP contribution in [0.3, 0.4) is 0 Å². The van der Waals surface area contributed by atoms with E-state index in [1.54, 1.807) is 0 Å². The zero-order chi connectivity index (χ0) is 12.4. The normalized spacial score (nSPS) is 25.1. The van der Waals surface area contributed by atoms with Gasteiger partial charge in [-0.05, 0) is 31.5 Å². The quantitative estimate of drug-likeness (QED) is 0.738. The lowest BCUT2D eigenvalue weighted by atomic mass is 10.1. The van der Waals surface area contributed by atoms with Gasteiger partial charge in [0.05, 0.1) is 12.7 Å². The second kappa shape index (κ2) is 5.72. The molecule has 0 N–H and O–H groups in total. The zero-order valence-electron chi connectivity index (χ0n) is 10.1. The third kappa shape index (κ3) is 3.04. The molecule has 2 unspecified atom stereocenters. The van der Waals surface area contributed by atoms with Crippen molar-refractivity contribution < 1.29 is 4.74 Å². The lowest BCUT2D eigenvalue weighted by Crippen LogP contribution is -2.47. The van der Waals surface area contributed by atoms with Crippen LogP contribution in [0.2, 0.25) is 0 Å². The molecule has 0 amide bonds. The van der Waals surface area contributed by atoms with Crippen LogP contribution in [0.15, 0.2) is 22.7 Å². The fraction of sp³-hybridized carbons (Fsp3) is 0.538. The molecule has 1 heterocycles. The standard InChI is InChI=1S/C13H17Br2NO/c1-9-8-17-10(2)7-16(9)13-5-12(15)4-3-11(13)6-14/h3-5,9-10H,6-8H2,1-2H3. The van der Waals surface area contributed by atoms with Gasteiger partial charge in [0.2, 0.25) is 0 Å². The second-order valence-corrected chi connectivity index (χ2v) is 6.03. The molecular formula is C13H17Br2NO. The topological polar surface area (TPSA) is 12.5 Å². The molecule has 1 fully saturated rings.